The van der Waals surface area contributed by atoms with E-state index in [1.54, 1.807) is 0 Å². The van der Waals surface area contributed by atoms with Crippen LogP contribution < -0.4 is 5.32 Å². The minimum absolute atomic E-state index is 0.568. The Balaban J connectivity index is 1.06. The van der Waals surface area contributed by atoms with E-state index in [0.29, 0.717) is 11.0 Å². The second-order valence-electron chi connectivity index (χ2n) is 8.71. The Morgan fingerprint density at radius 1 is 0.906 bits per heavy atom. The SMILES string of the molecule is c1ccc(-c2nsc(N=Nc3ccc(CCNCC[N+]45CCN(CC4)CC5)cc3)n2)cc1. The molecule has 3 fully saturated rings. The molecule has 2 aromatic carbocycles. The molecule has 2 bridgehead atoms. The van der Waals surface area contributed by atoms with Crippen molar-refractivity contribution >= 4 is 22.4 Å². The van der Waals surface area contributed by atoms with Crippen molar-refractivity contribution < 1.29 is 4.48 Å². The van der Waals surface area contributed by atoms with Gasteiger partial charge in [0, 0.05) is 43.3 Å². The summed E-state index contributed by atoms with van der Waals surface area (Å²) in [4.78, 5) is 7.06. The summed E-state index contributed by atoms with van der Waals surface area (Å²) in [5, 5.41) is 12.8. The van der Waals surface area contributed by atoms with Crippen molar-refractivity contribution in [3.05, 3.63) is 60.2 Å². The molecule has 1 N–H and O–H groups in total. The number of piperazine rings is 3. The molecule has 3 aliphatic heterocycles. The first-order valence-corrected chi connectivity index (χ1v) is 12.2. The van der Waals surface area contributed by atoms with Gasteiger partial charge in [-0.15, -0.1) is 10.2 Å². The van der Waals surface area contributed by atoms with Gasteiger partial charge in [-0.1, -0.05) is 42.5 Å². The number of benzene rings is 2. The van der Waals surface area contributed by atoms with Crippen molar-refractivity contribution in [3.8, 4) is 11.4 Å². The number of aromatic nitrogens is 2. The molecule has 0 atom stereocenters. The van der Waals surface area contributed by atoms with E-state index in [1.807, 2.05) is 42.5 Å². The second kappa shape index (κ2) is 9.95. The molecule has 3 aromatic rings. The monoisotopic (exact) mass is 448 g/mol. The number of azo groups is 1. The molecule has 1 aromatic heterocycles. The number of quaternary nitrogens is 1. The summed E-state index contributed by atoms with van der Waals surface area (Å²) in [6, 6.07) is 18.2. The molecular formula is C24H30N7S+. The maximum Gasteiger partial charge on any atom is 0.249 e. The van der Waals surface area contributed by atoms with E-state index in [0.717, 1.165) is 30.8 Å². The van der Waals surface area contributed by atoms with Crippen molar-refractivity contribution in [1.29, 1.82) is 0 Å². The second-order valence-corrected chi connectivity index (χ2v) is 9.44. The smallest absolute Gasteiger partial charge is 0.249 e. The lowest BCUT2D eigenvalue weighted by Gasteiger charge is -2.50. The Morgan fingerprint density at radius 3 is 2.41 bits per heavy atom. The molecule has 0 radical (unpaired) electrons. The predicted molar refractivity (Wildman–Crippen MR) is 129 cm³/mol. The molecule has 32 heavy (non-hydrogen) atoms. The van der Waals surface area contributed by atoms with E-state index >= 15 is 0 Å². The molecule has 0 unspecified atom stereocenters. The summed E-state index contributed by atoms with van der Waals surface area (Å²) in [6.07, 6.45) is 1.03. The molecular weight excluding hydrogens is 418 g/mol. The molecule has 7 nitrogen and oxygen atoms in total. The molecule has 8 heteroatoms. The van der Waals surface area contributed by atoms with Crippen LogP contribution in [0.2, 0.25) is 0 Å². The highest BCUT2D eigenvalue weighted by atomic mass is 32.1. The van der Waals surface area contributed by atoms with Crippen molar-refractivity contribution in [2.24, 2.45) is 10.2 Å². The molecule has 6 rings (SSSR count). The molecule has 4 heterocycles. The van der Waals surface area contributed by atoms with E-state index < -0.39 is 0 Å². The summed E-state index contributed by atoms with van der Waals surface area (Å²) < 4.78 is 5.69. The zero-order chi connectivity index (χ0) is 21.6. The number of rotatable bonds is 9. The van der Waals surface area contributed by atoms with Crippen molar-refractivity contribution in [2.75, 3.05) is 58.9 Å². The van der Waals surface area contributed by atoms with Crippen LogP contribution in [0.25, 0.3) is 11.4 Å². The van der Waals surface area contributed by atoms with Crippen LogP contribution in [0.15, 0.2) is 64.8 Å². The fourth-order valence-electron chi connectivity index (χ4n) is 4.53. The van der Waals surface area contributed by atoms with E-state index in [1.165, 1.54) is 67.4 Å². The molecule has 0 spiro atoms. The largest absolute Gasteiger partial charge is 0.319 e. The molecule has 0 aliphatic carbocycles. The van der Waals surface area contributed by atoms with Crippen LogP contribution >= 0.6 is 11.5 Å². The Labute approximate surface area is 193 Å². The number of fused-ring (bicyclic) bond motifs is 3. The van der Waals surface area contributed by atoms with Crippen LogP contribution in [-0.2, 0) is 6.42 Å². The Bertz CT molecular complexity index is 1010. The highest BCUT2D eigenvalue weighted by molar-refractivity contribution is 7.09. The summed E-state index contributed by atoms with van der Waals surface area (Å²) in [6.45, 7) is 11.3. The average molecular weight is 449 g/mol. The van der Waals surface area contributed by atoms with Crippen LogP contribution in [0.4, 0.5) is 10.8 Å². The van der Waals surface area contributed by atoms with Crippen molar-refractivity contribution in [3.63, 3.8) is 0 Å². The fraction of sp³-hybridized carbons (Fsp3) is 0.417. The standard InChI is InChI=1S/C24H30N7S/c1-2-4-21(5-3-1)23-26-24(32-29-23)28-27-22-8-6-20(7-9-22)10-11-25-12-16-31-17-13-30(14-18-31)15-19-31/h1-9,25H,10-19H2/q+1. The minimum atomic E-state index is 0.568. The number of hydrogen-bond acceptors (Lipinski definition) is 7. The third kappa shape index (κ3) is 5.27. The van der Waals surface area contributed by atoms with Gasteiger partial charge in [-0.25, -0.2) is 0 Å². The first-order chi connectivity index (χ1) is 15.8. The van der Waals surface area contributed by atoms with Gasteiger partial charge in [-0.2, -0.15) is 9.36 Å². The van der Waals surface area contributed by atoms with Crippen LogP contribution in [0.5, 0.6) is 0 Å². The zero-order valence-electron chi connectivity index (χ0n) is 18.4. The predicted octanol–water partition coefficient (Wildman–Crippen LogP) is 3.90. The summed E-state index contributed by atoms with van der Waals surface area (Å²) >= 11 is 1.26. The van der Waals surface area contributed by atoms with Gasteiger partial charge in [-0.05, 0) is 30.7 Å². The lowest BCUT2D eigenvalue weighted by molar-refractivity contribution is -0.939. The topological polar surface area (TPSA) is 65.8 Å². The zero-order valence-corrected chi connectivity index (χ0v) is 19.2. The quantitative estimate of drug-likeness (QED) is 0.306. The average Bonchev–Trinajstić information content (AvgIpc) is 3.34. The van der Waals surface area contributed by atoms with E-state index in [9.17, 15) is 0 Å². The van der Waals surface area contributed by atoms with Gasteiger partial charge in [0.1, 0.15) is 0 Å². The van der Waals surface area contributed by atoms with Gasteiger partial charge in [0.2, 0.25) is 5.13 Å². The van der Waals surface area contributed by atoms with Crippen LogP contribution in [0.3, 0.4) is 0 Å². The van der Waals surface area contributed by atoms with Crippen LogP contribution in [-0.4, -0.2) is 77.6 Å². The summed E-state index contributed by atoms with van der Waals surface area (Å²) in [5.74, 6) is 0.694. The molecule has 3 saturated heterocycles. The van der Waals surface area contributed by atoms with Gasteiger partial charge in [-0.3, -0.25) is 4.90 Å². The van der Waals surface area contributed by atoms with Gasteiger partial charge < -0.3 is 9.80 Å². The van der Waals surface area contributed by atoms with E-state index in [-0.39, 0.29) is 0 Å². The van der Waals surface area contributed by atoms with Crippen molar-refractivity contribution in [1.82, 2.24) is 19.6 Å². The lowest BCUT2D eigenvalue weighted by atomic mass is 10.1. The Morgan fingerprint density at radius 2 is 1.66 bits per heavy atom. The fourth-order valence-corrected chi connectivity index (χ4v) is 5.05. The van der Waals surface area contributed by atoms with Crippen molar-refractivity contribution in [2.45, 2.75) is 6.42 Å². The third-order valence-electron chi connectivity index (χ3n) is 6.66. The van der Waals surface area contributed by atoms with Gasteiger partial charge in [0.05, 0.1) is 31.9 Å². The summed E-state index contributed by atoms with van der Waals surface area (Å²) in [5.41, 5.74) is 3.14. The molecule has 0 amide bonds. The normalized spacial score (nSPS) is 22.6. The Hall–Kier alpha value is -2.52. The van der Waals surface area contributed by atoms with Crippen LogP contribution in [0, 0.1) is 0 Å². The van der Waals surface area contributed by atoms with Gasteiger partial charge in [0.15, 0.2) is 5.82 Å². The first kappa shape index (κ1) is 21.3. The third-order valence-corrected chi connectivity index (χ3v) is 7.26. The molecule has 166 valence electrons. The highest BCUT2D eigenvalue weighted by Gasteiger charge is 2.37. The number of nitrogens with zero attached hydrogens (tertiary/aromatic N) is 6. The Kier molecular flexibility index (Phi) is 6.64. The van der Waals surface area contributed by atoms with E-state index in [2.05, 4.69) is 41.9 Å². The first-order valence-electron chi connectivity index (χ1n) is 11.5. The van der Waals surface area contributed by atoms with Gasteiger partial charge in [0.25, 0.3) is 0 Å². The van der Waals surface area contributed by atoms with Crippen LogP contribution in [0.1, 0.15) is 5.56 Å². The maximum atomic E-state index is 4.45. The van der Waals surface area contributed by atoms with Gasteiger partial charge >= 0.3 is 0 Å². The number of nitrogens with one attached hydrogen (secondary N) is 1. The number of hydrogen-bond donors (Lipinski definition) is 1. The minimum Gasteiger partial charge on any atom is -0.319 e. The highest BCUT2D eigenvalue weighted by Crippen LogP contribution is 2.25. The van der Waals surface area contributed by atoms with E-state index in [4.69, 9.17) is 0 Å². The maximum absolute atomic E-state index is 4.45. The lowest BCUT2D eigenvalue weighted by Crippen LogP contribution is -2.68. The molecule has 3 aliphatic rings. The molecule has 0 saturated carbocycles. The summed E-state index contributed by atoms with van der Waals surface area (Å²) in [7, 11) is 0.